The number of rotatable bonds is 3. The van der Waals surface area contributed by atoms with Gasteiger partial charge in [0.25, 0.3) is 5.91 Å². The fraction of sp³-hybridized carbons (Fsp3) is 0.333. The van der Waals surface area contributed by atoms with Crippen molar-refractivity contribution in [1.82, 2.24) is 25.1 Å². The number of amides is 1. The molecule has 6 nitrogen and oxygen atoms in total. The van der Waals surface area contributed by atoms with Crippen molar-refractivity contribution in [1.29, 1.82) is 0 Å². The minimum atomic E-state index is -0.219. The zero-order chi connectivity index (χ0) is 16.5. The Hall–Kier alpha value is -2.76. The van der Waals surface area contributed by atoms with E-state index in [1.54, 1.807) is 0 Å². The van der Waals surface area contributed by atoms with Crippen molar-refractivity contribution in [3.8, 4) is 0 Å². The van der Waals surface area contributed by atoms with Gasteiger partial charge in [0.1, 0.15) is 5.69 Å². The first kappa shape index (κ1) is 14.8. The van der Waals surface area contributed by atoms with Crippen molar-refractivity contribution in [2.75, 3.05) is 0 Å². The van der Waals surface area contributed by atoms with Crippen LogP contribution in [-0.4, -0.2) is 25.7 Å². The molecular formula is C18H19N5O. The molecule has 1 aliphatic rings. The van der Waals surface area contributed by atoms with E-state index in [1.807, 2.05) is 36.0 Å². The fourth-order valence-corrected chi connectivity index (χ4v) is 3.32. The number of carbonyl (C=O) groups is 1. The molecule has 0 fully saturated rings. The first-order valence-electron chi connectivity index (χ1n) is 8.26. The molecule has 0 atom stereocenters. The number of nitrogens with one attached hydrogen (secondary N) is 1. The lowest BCUT2D eigenvalue weighted by Gasteiger charge is -2.12. The molecule has 3 aromatic rings. The van der Waals surface area contributed by atoms with Crippen molar-refractivity contribution in [3.63, 3.8) is 0 Å². The lowest BCUT2D eigenvalue weighted by atomic mass is 9.96. The first-order valence-corrected chi connectivity index (χ1v) is 8.26. The van der Waals surface area contributed by atoms with Gasteiger partial charge in [-0.3, -0.25) is 14.5 Å². The molecule has 1 aliphatic carbocycles. The Morgan fingerprint density at radius 1 is 1.21 bits per heavy atom. The van der Waals surface area contributed by atoms with Crippen LogP contribution in [0.3, 0.4) is 0 Å². The predicted octanol–water partition coefficient (Wildman–Crippen LogP) is 2.17. The second-order valence-electron chi connectivity index (χ2n) is 6.13. The van der Waals surface area contributed by atoms with Crippen LogP contribution in [0.5, 0.6) is 0 Å². The third-order valence-electron chi connectivity index (χ3n) is 4.55. The van der Waals surface area contributed by atoms with Crippen LogP contribution in [0.25, 0.3) is 11.0 Å². The van der Waals surface area contributed by atoms with Gasteiger partial charge in [0, 0.05) is 12.7 Å². The molecule has 1 N–H and O–H groups in total. The average Bonchev–Trinajstić information content (AvgIpc) is 2.95. The van der Waals surface area contributed by atoms with Gasteiger partial charge in [-0.05, 0) is 43.4 Å². The Bertz CT molecular complexity index is 915. The van der Waals surface area contributed by atoms with E-state index < -0.39 is 0 Å². The maximum atomic E-state index is 12.4. The zero-order valence-corrected chi connectivity index (χ0v) is 13.6. The Morgan fingerprint density at radius 2 is 2.00 bits per heavy atom. The van der Waals surface area contributed by atoms with Crippen molar-refractivity contribution < 1.29 is 4.79 Å². The summed E-state index contributed by atoms with van der Waals surface area (Å²) in [5.41, 5.74) is 5.41. The van der Waals surface area contributed by atoms with E-state index in [4.69, 9.17) is 0 Å². The monoisotopic (exact) mass is 321 g/mol. The van der Waals surface area contributed by atoms with Gasteiger partial charge < -0.3 is 5.32 Å². The molecule has 2 aromatic heterocycles. The molecule has 1 amide bonds. The topological polar surface area (TPSA) is 72.7 Å². The lowest BCUT2D eigenvalue weighted by Crippen LogP contribution is -2.25. The second kappa shape index (κ2) is 6.03. The van der Waals surface area contributed by atoms with Gasteiger partial charge >= 0.3 is 0 Å². The molecule has 1 aromatic carbocycles. The molecule has 122 valence electrons. The van der Waals surface area contributed by atoms with Crippen molar-refractivity contribution in [2.45, 2.75) is 32.2 Å². The van der Waals surface area contributed by atoms with E-state index in [0.717, 1.165) is 29.6 Å². The van der Waals surface area contributed by atoms with E-state index in [9.17, 15) is 4.79 Å². The normalized spacial score (nSPS) is 13.7. The molecular weight excluding hydrogens is 302 g/mol. The van der Waals surface area contributed by atoms with Crippen molar-refractivity contribution >= 4 is 16.9 Å². The molecule has 0 aliphatic heterocycles. The quantitative estimate of drug-likeness (QED) is 0.802. The van der Waals surface area contributed by atoms with Crippen molar-refractivity contribution in [3.05, 3.63) is 53.1 Å². The summed E-state index contributed by atoms with van der Waals surface area (Å²) < 4.78 is 1.95. The van der Waals surface area contributed by atoms with Gasteiger partial charge in [-0.25, -0.2) is 4.98 Å². The molecule has 0 spiro atoms. The smallest absolute Gasteiger partial charge is 0.271 e. The van der Waals surface area contributed by atoms with Gasteiger partial charge in [-0.2, -0.15) is 5.10 Å². The number of fused-ring (bicyclic) bond motifs is 2. The Kier molecular flexibility index (Phi) is 3.72. The highest BCUT2D eigenvalue weighted by Crippen LogP contribution is 2.23. The van der Waals surface area contributed by atoms with E-state index in [1.165, 1.54) is 30.3 Å². The number of carbonyl (C=O) groups excluding carboxylic acids is 1. The van der Waals surface area contributed by atoms with Gasteiger partial charge in [-0.15, -0.1) is 0 Å². The van der Waals surface area contributed by atoms with Crippen LogP contribution < -0.4 is 5.32 Å². The molecule has 0 saturated carbocycles. The highest BCUT2D eigenvalue weighted by Gasteiger charge is 2.19. The summed E-state index contributed by atoms with van der Waals surface area (Å²) in [6, 6.07) is 7.53. The van der Waals surface area contributed by atoms with Crippen LogP contribution in [0.1, 0.15) is 40.3 Å². The molecule has 2 heterocycles. The zero-order valence-electron chi connectivity index (χ0n) is 13.6. The summed E-state index contributed by atoms with van der Waals surface area (Å²) in [5.74, 6) is -0.219. The predicted molar refractivity (Wildman–Crippen MR) is 90.6 cm³/mol. The SMILES string of the molecule is Cn1nc(CNC(=O)c2cnc3ccccc3n2)c2c1CCCC2. The van der Waals surface area contributed by atoms with E-state index in [-0.39, 0.29) is 5.91 Å². The average molecular weight is 321 g/mol. The number of hydrogen-bond donors (Lipinski definition) is 1. The maximum absolute atomic E-state index is 12.4. The lowest BCUT2D eigenvalue weighted by molar-refractivity contribution is 0.0945. The van der Waals surface area contributed by atoms with Gasteiger partial charge in [0.05, 0.1) is 29.5 Å². The number of benzene rings is 1. The second-order valence-corrected chi connectivity index (χ2v) is 6.13. The van der Waals surface area contributed by atoms with Crippen LogP contribution >= 0.6 is 0 Å². The third kappa shape index (κ3) is 2.64. The summed E-state index contributed by atoms with van der Waals surface area (Å²) in [5, 5.41) is 7.50. The van der Waals surface area contributed by atoms with Crippen molar-refractivity contribution in [2.24, 2.45) is 7.05 Å². The number of hydrogen-bond acceptors (Lipinski definition) is 4. The number of para-hydroxylation sites is 2. The first-order chi connectivity index (χ1) is 11.7. The van der Waals surface area contributed by atoms with Gasteiger partial charge in [-0.1, -0.05) is 12.1 Å². The van der Waals surface area contributed by atoms with Crippen LogP contribution in [-0.2, 0) is 26.4 Å². The Morgan fingerprint density at radius 3 is 2.88 bits per heavy atom. The number of nitrogens with zero attached hydrogens (tertiary/aromatic N) is 4. The molecule has 0 saturated heterocycles. The highest BCUT2D eigenvalue weighted by atomic mass is 16.1. The van der Waals surface area contributed by atoms with Gasteiger partial charge in [0.15, 0.2) is 0 Å². The Labute approximate surface area is 139 Å². The van der Waals surface area contributed by atoms with Crippen LogP contribution in [0.4, 0.5) is 0 Å². The standard InChI is InChI=1S/C18H19N5O/c1-23-17-9-5-2-6-12(17)15(22-23)10-20-18(24)16-11-19-13-7-3-4-8-14(13)21-16/h3-4,7-8,11H,2,5-6,9-10H2,1H3,(H,20,24). The van der Waals surface area contributed by atoms with E-state index in [0.29, 0.717) is 12.2 Å². The molecule has 24 heavy (non-hydrogen) atoms. The summed E-state index contributed by atoms with van der Waals surface area (Å²) >= 11 is 0. The fourth-order valence-electron chi connectivity index (χ4n) is 3.32. The minimum absolute atomic E-state index is 0.219. The summed E-state index contributed by atoms with van der Waals surface area (Å²) in [6.45, 7) is 0.427. The molecule has 4 rings (SSSR count). The Balaban J connectivity index is 1.52. The summed E-state index contributed by atoms with van der Waals surface area (Å²) in [7, 11) is 1.98. The summed E-state index contributed by atoms with van der Waals surface area (Å²) in [6.07, 6.45) is 6.04. The van der Waals surface area contributed by atoms with Gasteiger partial charge in [0.2, 0.25) is 0 Å². The molecule has 0 bridgehead atoms. The van der Waals surface area contributed by atoms with Crippen LogP contribution in [0, 0.1) is 0 Å². The third-order valence-corrected chi connectivity index (χ3v) is 4.55. The van der Waals surface area contributed by atoms with Crippen LogP contribution in [0.15, 0.2) is 30.5 Å². The van der Waals surface area contributed by atoms with Crippen LogP contribution in [0.2, 0.25) is 0 Å². The molecule has 6 heteroatoms. The van der Waals surface area contributed by atoms with E-state index in [2.05, 4.69) is 20.4 Å². The largest absolute Gasteiger partial charge is 0.345 e. The highest BCUT2D eigenvalue weighted by molar-refractivity contribution is 5.93. The maximum Gasteiger partial charge on any atom is 0.271 e. The number of aryl methyl sites for hydroxylation is 1. The number of aromatic nitrogens is 4. The summed E-state index contributed by atoms with van der Waals surface area (Å²) in [4.78, 5) is 21.1. The molecule has 0 radical (unpaired) electrons. The molecule has 0 unspecified atom stereocenters. The minimum Gasteiger partial charge on any atom is -0.345 e. The van der Waals surface area contributed by atoms with E-state index >= 15 is 0 Å².